The van der Waals surface area contributed by atoms with E-state index in [4.69, 9.17) is 5.11 Å². The van der Waals surface area contributed by atoms with Crippen molar-refractivity contribution < 1.29 is 13.5 Å². The fourth-order valence-corrected chi connectivity index (χ4v) is 2.87. The van der Waals surface area contributed by atoms with Crippen LogP contribution in [0.4, 0.5) is 0 Å². The normalized spacial score (nSPS) is 14.2. The van der Waals surface area contributed by atoms with Crippen molar-refractivity contribution in [2.24, 2.45) is 11.3 Å². The lowest BCUT2D eigenvalue weighted by atomic mass is 9.82. The van der Waals surface area contributed by atoms with Gasteiger partial charge in [0.15, 0.2) is 0 Å². The molecule has 0 bridgehead atoms. The van der Waals surface area contributed by atoms with Crippen LogP contribution in [0.3, 0.4) is 0 Å². The number of aliphatic hydroxyl groups excluding tert-OH is 1. The van der Waals surface area contributed by atoms with Crippen molar-refractivity contribution in [1.29, 1.82) is 0 Å². The maximum atomic E-state index is 12.1. The highest BCUT2D eigenvalue weighted by atomic mass is 32.2. The maximum absolute atomic E-state index is 12.1. The van der Waals surface area contributed by atoms with Crippen LogP contribution in [0.2, 0.25) is 0 Å². The average molecular weight is 299 g/mol. The molecule has 0 aliphatic carbocycles. The number of nitrogens with one attached hydrogen (secondary N) is 1. The van der Waals surface area contributed by atoms with Gasteiger partial charge in [0.25, 0.3) is 0 Å². The van der Waals surface area contributed by atoms with Crippen molar-refractivity contribution >= 4 is 10.0 Å². The molecule has 0 fully saturated rings. The van der Waals surface area contributed by atoms with E-state index in [1.165, 1.54) is 0 Å². The van der Waals surface area contributed by atoms with Crippen LogP contribution in [0.15, 0.2) is 24.3 Å². The molecule has 5 heteroatoms. The van der Waals surface area contributed by atoms with Gasteiger partial charge in [-0.3, -0.25) is 0 Å². The summed E-state index contributed by atoms with van der Waals surface area (Å²) >= 11 is 0. The summed E-state index contributed by atoms with van der Waals surface area (Å²) in [6.45, 7) is 8.67. The second-order valence-corrected chi connectivity index (χ2v) is 8.16. The monoisotopic (exact) mass is 299 g/mol. The molecular formula is C15H25NO3S. The molecule has 1 unspecified atom stereocenters. The molecule has 0 amide bonds. The van der Waals surface area contributed by atoms with Crippen LogP contribution in [0, 0.1) is 11.3 Å². The van der Waals surface area contributed by atoms with Gasteiger partial charge in [-0.15, -0.1) is 0 Å². The average Bonchev–Trinajstić information content (AvgIpc) is 2.34. The number of sulfonamides is 1. The van der Waals surface area contributed by atoms with Gasteiger partial charge in [0.05, 0.1) is 12.4 Å². The lowest BCUT2D eigenvalue weighted by molar-refractivity contribution is 0.263. The van der Waals surface area contributed by atoms with Gasteiger partial charge in [-0.1, -0.05) is 52.0 Å². The summed E-state index contributed by atoms with van der Waals surface area (Å²) in [5, 5.41) is 9.06. The first-order chi connectivity index (χ1) is 9.14. The fourth-order valence-electron chi connectivity index (χ4n) is 1.65. The third kappa shape index (κ3) is 5.61. The largest absolute Gasteiger partial charge is 0.392 e. The van der Waals surface area contributed by atoms with Gasteiger partial charge in [0.1, 0.15) is 0 Å². The van der Waals surface area contributed by atoms with Crippen LogP contribution >= 0.6 is 0 Å². The molecule has 1 aromatic rings. The first-order valence-electron chi connectivity index (χ1n) is 6.80. The van der Waals surface area contributed by atoms with E-state index in [1.54, 1.807) is 24.3 Å². The minimum atomic E-state index is -3.35. The number of hydrogen-bond acceptors (Lipinski definition) is 3. The predicted octanol–water partition coefficient (Wildman–Crippen LogP) is 2.28. The Kier molecular flexibility index (Phi) is 5.74. The lowest BCUT2D eigenvalue weighted by Crippen LogP contribution is -2.34. The highest BCUT2D eigenvalue weighted by Gasteiger charge is 2.22. The van der Waals surface area contributed by atoms with Gasteiger partial charge in [-0.25, -0.2) is 13.1 Å². The molecule has 0 radical (unpaired) electrons. The zero-order valence-electron chi connectivity index (χ0n) is 12.7. The summed E-state index contributed by atoms with van der Waals surface area (Å²) < 4.78 is 26.8. The highest BCUT2D eigenvalue weighted by Crippen LogP contribution is 2.24. The van der Waals surface area contributed by atoms with Crippen LogP contribution in [-0.4, -0.2) is 20.1 Å². The van der Waals surface area contributed by atoms with Crippen molar-refractivity contribution in [2.75, 3.05) is 6.54 Å². The van der Waals surface area contributed by atoms with Crippen molar-refractivity contribution in [2.45, 2.75) is 40.1 Å². The molecule has 2 N–H and O–H groups in total. The number of benzene rings is 1. The van der Waals surface area contributed by atoms with E-state index in [0.717, 1.165) is 5.56 Å². The molecular weight excluding hydrogens is 274 g/mol. The standard InChI is InChI=1S/C15H25NO3S/c1-12(15(2,3)4)9-16-20(18,19)11-14-7-5-6-13(8-14)10-17/h5-8,12,16-17H,9-11H2,1-4H3. The first kappa shape index (κ1) is 17.1. The van der Waals surface area contributed by atoms with E-state index >= 15 is 0 Å². The summed E-state index contributed by atoms with van der Waals surface area (Å²) in [5.41, 5.74) is 1.48. The first-order valence-corrected chi connectivity index (χ1v) is 8.45. The Morgan fingerprint density at radius 2 is 1.85 bits per heavy atom. The van der Waals surface area contributed by atoms with Crippen LogP contribution in [-0.2, 0) is 22.4 Å². The summed E-state index contributed by atoms with van der Waals surface area (Å²) in [7, 11) is -3.35. The molecule has 0 spiro atoms. The number of aliphatic hydroxyl groups is 1. The fraction of sp³-hybridized carbons (Fsp3) is 0.600. The molecule has 0 aliphatic rings. The Morgan fingerprint density at radius 1 is 1.25 bits per heavy atom. The van der Waals surface area contributed by atoms with E-state index < -0.39 is 10.0 Å². The van der Waals surface area contributed by atoms with Gasteiger partial charge in [0, 0.05) is 6.54 Å². The SMILES string of the molecule is CC(CNS(=O)(=O)Cc1cccc(CO)c1)C(C)(C)C. The lowest BCUT2D eigenvalue weighted by Gasteiger charge is -2.27. The molecule has 1 aromatic carbocycles. The van der Waals surface area contributed by atoms with Crippen molar-refractivity contribution in [3.8, 4) is 0 Å². The molecule has 1 rings (SSSR count). The van der Waals surface area contributed by atoms with E-state index in [2.05, 4.69) is 25.5 Å². The van der Waals surface area contributed by atoms with Gasteiger partial charge < -0.3 is 5.11 Å². The van der Waals surface area contributed by atoms with Gasteiger partial charge in [0.2, 0.25) is 10.0 Å². The van der Waals surface area contributed by atoms with Crippen molar-refractivity contribution in [3.05, 3.63) is 35.4 Å². The Labute approximate surface area is 122 Å². The van der Waals surface area contributed by atoms with E-state index in [-0.39, 0.29) is 23.7 Å². The smallest absolute Gasteiger partial charge is 0.215 e. The van der Waals surface area contributed by atoms with Crippen molar-refractivity contribution in [3.63, 3.8) is 0 Å². The van der Waals surface area contributed by atoms with E-state index in [9.17, 15) is 8.42 Å². The minimum Gasteiger partial charge on any atom is -0.392 e. The van der Waals surface area contributed by atoms with Crippen molar-refractivity contribution in [1.82, 2.24) is 4.72 Å². The molecule has 114 valence electrons. The molecule has 0 saturated carbocycles. The highest BCUT2D eigenvalue weighted by molar-refractivity contribution is 7.88. The Bertz CT molecular complexity index is 532. The second-order valence-electron chi connectivity index (χ2n) is 6.35. The molecule has 0 aromatic heterocycles. The zero-order valence-corrected chi connectivity index (χ0v) is 13.5. The molecule has 0 heterocycles. The summed E-state index contributed by atoms with van der Waals surface area (Å²) in [5.74, 6) is 0.193. The third-order valence-electron chi connectivity index (χ3n) is 3.62. The third-order valence-corrected chi connectivity index (χ3v) is 4.94. The minimum absolute atomic E-state index is 0.0578. The quantitative estimate of drug-likeness (QED) is 0.847. The molecule has 20 heavy (non-hydrogen) atoms. The van der Waals surface area contributed by atoms with E-state index in [1.807, 2.05) is 6.92 Å². The van der Waals surface area contributed by atoms with Crippen LogP contribution in [0.5, 0.6) is 0 Å². The molecule has 0 aliphatic heterocycles. The molecule has 4 nitrogen and oxygen atoms in total. The summed E-state index contributed by atoms with van der Waals surface area (Å²) in [6.07, 6.45) is 0. The number of hydrogen-bond donors (Lipinski definition) is 2. The Balaban J connectivity index is 2.66. The predicted molar refractivity (Wildman–Crippen MR) is 81.6 cm³/mol. The summed E-state index contributed by atoms with van der Waals surface area (Å²) in [4.78, 5) is 0. The topological polar surface area (TPSA) is 66.4 Å². The van der Waals surface area contributed by atoms with E-state index in [0.29, 0.717) is 12.1 Å². The van der Waals surface area contributed by atoms with Gasteiger partial charge in [-0.2, -0.15) is 0 Å². The van der Waals surface area contributed by atoms with Crippen LogP contribution in [0.1, 0.15) is 38.8 Å². The zero-order chi connectivity index (χ0) is 15.4. The second kappa shape index (κ2) is 6.70. The van der Waals surface area contributed by atoms with Gasteiger partial charge in [-0.05, 0) is 22.5 Å². The van der Waals surface area contributed by atoms with Crippen LogP contribution < -0.4 is 4.72 Å². The Morgan fingerprint density at radius 3 is 2.40 bits per heavy atom. The Hall–Kier alpha value is -0.910. The maximum Gasteiger partial charge on any atom is 0.215 e. The van der Waals surface area contributed by atoms with Crippen LogP contribution in [0.25, 0.3) is 0 Å². The molecule has 0 saturated heterocycles. The molecule has 1 atom stereocenters. The number of rotatable bonds is 6. The van der Waals surface area contributed by atoms with Gasteiger partial charge >= 0.3 is 0 Å². The summed E-state index contributed by atoms with van der Waals surface area (Å²) in [6, 6.07) is 7.00.